The molecule has 1 aromatic carbocycles. The molecule has 0 amide bonds. The number of piperidine rings is 1. The molecule has 2 rings (SSSR count). The van der Waals surface area contributed by atoms with E-state index in [0.717, 1.165) is 48.8 Å². The van der Waals surface area contributed by atoms with Gasteiger partial charge in [0.1, 0.15) is 6.29 Å². The zero-order chi connectivity index (χ0) is 14.1. The van der Waals surface area contributed by atoms with Crippen LogP contribution in [-0.2, 0) is 16.1 Å². The fourth-order valence-corrected chi connectivity index (χ4v) is 2.19. The predicted octanol–water partition coefficient (Wildman–Crippen LogP) is 3.17. The molecular formula is C16H23BrNO2Pr2-3. The van der Waals surface area contributed by atoms with Gasteiger partial charge in [-0.15, -0.1) is 0 Å². The van der Waals surface area contributed by atoms with Crippen molar-refractivity contribution in [3.63, 3.8) is 0 Å². The Morgan fingerprint density at radius 3 is 2.14 bits per heavy atom. The van der Waals surface area contributed by atoms with Gasteiger partial charge >= 0.3 is 0 Å². The van der Waals surface area contributed by atoms with E-state index in [9.17, 15) is 4.79 Å². The summed E-state index contributed by atoms with van der Waals surface area (Å²) < 4.78 is 5.26. The maximum absolute atomic E-state index is 10.6. The van der Waals surface area contributed by atoms with Gasteiger partial charge in [0, 0.05) is 103 Å². The van der Waals surface area contributed by atoms with Crippen LogP contribution in [0.25, 0.3) is 0 Å². The molecule has 0 aliphatic carbocycles. The van der Waals surface area contributed by atoms with E-state index in [4.69, 9.17) is 0 Å². The number of rotatable bonds is 3. The maximum atomic E-state index is 10.6. The number of hydrogen-bond donors (Lipinski definition) is 0. The molecule has 120 valence electrons. The molecule has 1 heterocycles. The van der Waals surface area contributed by atoms with E-state index in [1.165, 1.54) is 0 Å². The number of halogens is 1. The van der Waals surface area contributed by atoms with Crippen molar-refractivity contribution < 1.29 is 92.1 Å². The average Bonchev–Trinajstić information content (AvgIpc) is 2.43. The summed E-state index contributed by atoms with van der Waals surface area (Å²) in [5, 5.41) is 0. The molecule has 0 saturated carbocycles. The number of aldehydes is 1. The van der Waals surface area contributed by atoms with Crippen LogP contribution in [0.3, 0.4) is 0 Å². The van der Waals surface area contributed by atoms with Crippen LogP contribution >= 0.6 is 15.9 Å². The summed E-state index contributed by atoms with van der Waals surface area (Å²) in [5.41, 5.74) is 1.09. The summed E-state index contributed by atoms with van der Waals surface area (Å²) >= 11 is 3.37. The van der Waals surface area contributed by atoms with Crippen molar-refractivity contribution in [1.29, 1.82) is 0 Å². The fraction of sp³-hybridized carbons (Fsp3) is 0.500. The first-order chi connectivity index (χ1) is 9.19. The van der Waals surface area contributed by atoms with Crippen LogP contribution in [-0.4, -0.2) is 38.5 Å². The van der Waals surface area contributed by atoms with Gasteiger partial charge in [-0.2, -0.15) is 0 Å². The molecule has 1 aliphatic heterocycles. The van der Waals surface area contributed by atoms with Gasteiger partial charge in [-0.25, -0.2) is 20.4 Å². The number of likely N-dealkylation sites (tertiary alicyclic amines) is 1. The zero-order valence-corrected chi connectivity index (χ0v) is 22.6. The molecule has 1 aliphatic rings. The van der Waals surface area contributed by atoms with E-state index in [1.54, 1.807) is 14.2 Å². The molecular weight excluding hydrogens is 600 g/mol. The molecule has 0 aromatic heterocycles. The van der Waals surface area contributed by atoms with E-state index < -0.39 is 0 Å². The number of carbonyl (C=O) groups is 1. The number of hydrogen-bond acceptors (Lipinski definition) is 3. The van der Waals surface area contributed by atoms with Gasteiger partial charge < -0.3 is 34.0 Å². The first-order valence-corrected chi connectivity index (χ1v) is 7.14. The third-order valence-electron chi connectivity index (χ3n) is 2.97. The van der Waals surface area contributed by atoms with Gasteiger partial charge in [0.15, 0.2) is 0 Å². The minimum atomic E-state index is 0. The molecule has 3 nitrogen and oxygen atoms in total. The molecule has 1 fully saturated rings. The van der Waals surface area contributed by atoms with Gasteiger partial charge in [0.05, 0.1) is 0 Å². The normalized spacial score (nSPS) is 14.3. The summed E-state index contributed by atoms with van der Waals surface area (Å²) in [7, 11) is 3.25. The van der Waals surface area contributed by atoms with Crippen LogP contribution in [0.15, 0.2) is 16.6 Å². The number of carbonyl (C=O) groups excluding carboxylic acids is 1. The van der Waals surface area contributed by atoms with E-state index in [2.05, 4.69) is 37.7 Å². The molecule has 22 heavy (non-hydrogen) atoms. The minimum Gasteiger partial charge on any atom is -0.388 e. The van der Waals surface area contributed by atoms with Crippen LogP contribution < -0.4 is 0 Å². The van der Waals surface area contributed by atoms with Crippen molar-refractivity contribution in [2.45, 2.75) is 19.4 Å². The summed E-state index contributed by atoms with van der Waals surface area (Å²) in [6, 6.07) is 10.2. The molecule has 6 heteroatoms. The quantitative estimate of drug-likeness (QED) is 0.383. The largest absolute Gasteiger partial charge is 0.388 e. The number of methoxy groups -OCH3 is 1. The predicted molar refractivity (Wildman–Crippen MR) is 85.2 cm³/mol. The van der Waals surface area contributed by atoms with E-state index in [-0.39, 0.29) is 95.9 Å². The Morgan fingerprint density at radius 2 is 1.73 bits per heavy atom. The van der Waals surface area contributed by atoms with Crippen LogP contribution in [0.5, 0.6) is 0 Å². The monoisotopic (exact) mass is 622 g/mol. The van der Waals surface area contributed by atoms with Crippen LogP contribution in [0, 0.1) is 108 Å². The van der Waals surface area contributed by atoms with Crippen molar-refractivity contribution in [2.24, 2.45) is 5.92 Å². The van der Waals surface area contributed by atoms with Crippen molar-refractivity contribution in [1.82, 2.24) is 4.90 Å². The van der Waals surface area contributed by atoms with E-state index in [1.807, 2.05) is 12.1 Å². The molecule has 0 spiro atoms. The molecule has 0 unspecified atom stereocenters. The third-order valence-corrected chi connectivity index (χ3v) is 3.43. The first-order valence-electron chi connectivity index (χ1n) is 6.35. The average molecular weight is 623 g/mol. The SMILES string of the molecule is COC.O=CC1CCN(Cc2[c-]cc(Br)c[c-]2)CC1.[CH3-].[Pr].[Pr]. The van der Waals surface area contributed by atoms with Gasteiger partial charge in [0.2, 0.25) is 0 Å². The molecule has 1 saturated heterocycles. The Labute approximate surface area is 210 Å². The number of benzene rings is 1. The molecule has 1 aromatic rings. The topological polar surface area (TPSA) is 29.5 Å². The van der Waals surface area contributed by atoms with Crippen molar-refractivity contribution >= 4 is 22.2 Å². The van der Waals surface area contributed by atoms with Gasteiger partial charge in [-0.3, -0.25) is 17.7 Å². The first kappa shape index (κ1) is 28.8. The Bertz CT molecular complexity index is 369. The van der Waals surface area contributed by atoms with Gasteiger partial charge in [0.25, 0.3) is 0 Å². The van der Waals surface area contributed by atoms with Gasteiger partial charge in [-0.05, 0) is 32.5 Å². The van der Waals surface area contributed by atoms with Crippen molar-refractivity contribution in [2.75, 3.05) is 27.3 Å². The molecule has 0 atom stereocenters. The second kappa shape index (κ2) is 17.8. The Hall–Kier alpha value is 2.02. The summed E-state index contributed by atoms with van der Waals surface area (Å²) in [6.07, 6.45) is 3.06. The summed E-state index contributed by atoms with van der Waals surface area (Å²) in [5.74, 6) is 0.272. The minimum absolute atomic E-state index is 0. The molecule has 0 N–H and O–H groups in total. The molecule has 2 radical (unpaired) electrons. The summed E-state index contributed by atoms with van der Waals surface area (Å²) in [4.78, 5) is 13.0. The second-order valence-corrected chi connectivity index (χ2v) is 5.51. The van der Waals surface area contributed by atoms with Crippen LogP contribution in [0.4, 0.5) is 0 Å². The fourth-order valence-electron chi connectivity index (χ4n) is 1.96. The van der Waals surface area contributed by atoms with Crippen LogP contribution in [0.1, 0.15) is 18.4 Å². The maximum Gasteiger partial charge on any atom is 0.123 e. The second-order valence-electron chi connectivity index (χ2n) is 4.60. The Kier molecular flexibility index (Phi) is 23.3. The van der Waals surface area contributed by atoms with Crippen molar-refractivity contribution in [3.8, 4) is 0 Å². The third kappa shape index (κ3) is 12.4. The van der Waals surface area contributed by atoms with Crippen LogP contribution in [0.2, 0.25) is 0 Å². The van der Waals surface area contributed by atoms with E-state index in [0.29, 0.717) is 0 Å². The standard InChI is InChI=1S/C13H14BrNO.C2H6O.CH3.2Pr/c14-13-3-1-11(2-4-13)9-15-7-5-12(10-16)6-8-15;1-3-2;;;/h3-4,10,12H,5-9H2;1-2H3;1H3;;/q-2;;-1;;. The number of nitrogens with zero attached hydrogens (tertiary/aromatic N) is 1. The Morgan fingerprint density at radius 1 is 1.27 bits per heavy atom. The van der Waals surface area contributed by atoms with Gasteiger partial charge in [-0.1, -0.05) is 0 Å². The smallest absolute Gasteiger partial charge is 0.123 e. The Balaban J connectivity index is -0.000000558. The van der Waals surface area contributed by atoms with Crippen molar-refractivity contribution in [3.05, 3.63) is 41.7 Å². The summed E-state index contributed by atoms with van der Waals surface area (Å²) in [6.45, 7) is 2.89. The van der Waals surface area contributed by atoms with E-state index >= 15 is 0 Å². The zero-order valence-electron chi connectivity index (χ0n) is 13.6. The molecule has 0 bridgehead atoms. The number of ether oxygens (including phenoxy) is 1.